The first-order valence-corrected chi connectivity index (χ1v) is 8.92. The van der Waals surface area contributed by atoms with Gasteiger partial charge in [0.2, 0.25) is 10.0 Å². The van der Waals surface area contributed by atoms with Crippen LogP contribution in [0.15, 0.2) is 47.4 Å². The lowest BCUT2D eigenvalue weighted by molar-refractivity contribution is -0.118. The molecule has 0 fully saturated rings. The van der Waals surface area contributed by atoms with Gasteiger partial charge in [-0.3, -0.25) is 4.79 Å². The topological polar surface area (TPSA) is 75.7 Å². The van der Waals surface area contributed by atoms with Crippen molar-refractivity contribution < 1.29 is 22.3 Å². The lowest BCUT2D eigenvalue weighted by Gasteiger charge is -2.14. The van der Waals surface area contributed by atoms with Gasteiger partial charge in [0.05, 0.1) is 5.02 Å². The number of nitrogens with zero attached hydrogens (tertiary/aromatic N) is 1. The fraction of sp³-hybridized carbons (Fsp3) is 0.188. The number of hydrogen-bond acceptors (Lipinski definition) is 4. The zero-order valence-electron chi connectivity index (χ0n) is 13.5. The largest absolute Gasteiger partial charge is 0.484 e. The van der Waals surface area contributed by atoms with Crippen LogP contribution in [0, 0.1) is 5.82 Å². The number of carbonyl (C=O) groups excluding carboxylic acids is 1. The third kappa shape index (κ3) is 4.91. The number of halogens is 2. The molecule has 2 rings (SSSR count). The quantitative estimate of drug-likeness (QED) is 0.828. The molecule has 2 aromatic carbocycles. The Hall–Kier alpha value is -2.16. The molecule has 0 radical (unpaired) electrons. The Kier molecular flexibility index (Phi) is 5.99. The number of nitrogens with one attached hydrogen (secondary N) is 1. The van der Waals surface area contributed by atoms with E-state index in [4.69, 9.17) is 16.3 Å². The summed E-state index contributed by atoms with van der Waals surface area (Å²) in [6.45, 7) is -0.315. The van der Waals surface area contributed by atoms with Crippen LogP contribution >= 0.6 is 11.6 Å². The molecule has 0 heterocycles. The maximum absolute atomic E-state index is 12.8. The van der Waals surface area contributed by atoms with Crippen molar-refractivity contribution in [3.63, 3.8) is 0 Å². The standard InChI is InChI=1S/C16H16ClFN2O4S/c1-20(2)25(22,23)15-9-12(5-8-14(15)17)19-16(21)10-24-13-6-3-11(18)4-7-13/h3-9H,10H2,1-2H3,(H,19,21). The molecule has 0 aromatic heterocycles. The summed E-state index contributed by atoms with van der Waals surface area (Å²) in [5, 5.41) is 2.57. The number of carbonyl (C=O) groups is 1. The van der Waals surface area contributed by atoms with Crippen molar-refractivity contribution in [1.29, 1.82) is 0 Å². The third-order valence-corrected chi connectivity index (χ3v) is 5.45. The van der Waals surface area contributed by atoms with Crippen LogP contribution in [0.3, 0.4) is 0 Å². The van der Waals surface area contributed by atoms with E-state index in [-0.39, 0.29) is 22.2 Å². The van der Waals surface area contributed by atoms with Crippen LogP contribution in [-0.4, -0.2) is 39.3 Å². The van der Waals surface area contributed by atoms with E-state index in [1.165, 1.54) is 56.6 Å². The summed E-state index contributed by atoms with van der Waals surface area (Å²) in [5.41, 5.74) is 0.262. The maximum Gasteiger partial charge on any atom is 0.262 e. The van der Waals surface area contributed by atoms with Gasteiger partial charge in [0.15, 0.2) is 6.61 Å². The average Bonchev–Trinajstić information content (AvgIpc) is 2.56. The summed E-state index contributed by atoms with van der Waals surface area (Å²) in [7, 11) is -0.977. The number of rotatable bonds is 6. The van der Waals surface area contributed by atoms with E-state index in [1.807, 2.05) is 0 Å². The van der Waals surface area contributed by atoms with E-state index in [0.29, 0.717) is 5.75 Å². The highest BCUT2D eigenvalue weighted by Gasteiger charge is 2.21. The summed E-state index contributed by atoms with van der Waals surface area (Å²) >= 11 is 5.94. The molecule has 0 aliphatic rings. The smallest absolute Gasteiger partial charge is 0.262 e. The molecular formula is C16H16ClFN2O4S. The van der Waals surface area contributed by atoms with Crippen molar-refractivity contribution in [3.05, 3.63) is 53.3 Å². The summed E-state index contributed by atoms with van der Waals surface area (Å²) in [6.07, 6.45) is 0. The number of benzene rings is 2. The van der Waals surface area contributed by atoms with Gasteiger partial charge in [-0.15, -0.1) is 0 Å². The van der Waals surface area contributed by atoms with Gasteiger partial charge >= 0.3 is 0 Å². The molecule has 0 atom stereocenters. The minimum Gasteiger partial charge on any atom is -0.484 e. The Morgan fingerprint density at radius 3 is 2.44 bits per heavy atom. The van der Waals surface area contributed by atoms with Gasteiger partial charge < -0.3 is 10.1 Å². The Bertz CT molecular complexity index is 870. The van der Waals surface area contributed by atoms with Gasteiger partial charge in [0.1, 0.15) is 16.5 Å². The van der Waals surface area contributed by atoms with E-state index < -0.39 is 21.7 Å². The zero-order valence-corrected chi connectivity index (χ0v) is 15.1. The van der Waals surface area contributed by atoms with Gasteiger partial charge in [-0.1, -0.05) is 11.6 Å². The fourth-order valence-electron chi connectivity index (χ4n) is 1.85. The van der Waals surface area contributed by atoms with E-state index in [1.54, 1.807) is 0 Å². The second-order valence-electron chi connectivity index (χ2n) is 5.22. The van der Waals surface area contributed by atoms with Crippen LogP contribution in [-0.2, 0) is 14.8 Å². The summed E-state index contributed by atoms with van der Waals surface area (Å²) in [5.74, 6) is -0.573. The first kappa shape index (κ1) is 19.2. The third-order valence-electron chi connectivity index (χ3n) is 3.16. The van der Waals surface area contributed by atoms with Crippen LogP contribution in [0.4, 0.5) is 10.1 Å². The Labute approximate surface area is 150 Å². The summed E-state index contributed by atoms with van der Waals surface area (Å²) in [6, 6.07) is 9.35. The number of ether oxygens (including phenoxy) is 1. The molecule has 25 heavy (non-hydrogen) atoms. The molecule has 0 aliphatic carbocycles. The van der Waals surface area contributed by atoms with Crippen molar-refractivity contribution in [2.24, 2.45) is 0 Å². The van der Waals surface area contributed by atoms with Gasteiger partial charge in [-0.2, -0.15) is 0 Å². The van der Waals surface area contributed by atoms with Crippen LogP contribution in [0.1, 0.15) is 0 Å². The summed E-state index contributed by atoms with van der Waals surface area (Å²) < 4.78 is 43.5. The first-order valence-electron chi connectivity index (χ1n) is 7.10. The molecule has 0 aliphatic heterocycles. The minimum absolute atomic E-state index is 0.0502. The van der Waals surface area contributed by atoms with Crippen LogP contribution in [0.25, 0.3) is 0 Å². The highest BCUT2D eigenvalue weighted by Crippen LogP contribution is 2.26. The second-order valence-corrected chi connectivity index (χ2v) is 7.75. The molecule has 1 amide bonds. The van der Waals surface area contributed by atoms with Crippen LogP contribution in [0.5, 0.6) is 5.75 Å². The van der Waals surface area contributed by atoms with Crippen LogP contribution in [0.2, 0.25) is 5.02 Å². The van der Waals surface area contributed by atoms with Crippen molar-refractivity contribution in [3.8, 4) is 5.75 Å². The Balaban J connectivity index is 2.07. The van der Waals surface area contributed by atoms with E-state index in [0.717, 1.165) is 4.31 Å². The van der Waals surface area contributed by atoms with Gasteiger partial charge in [0, 0.05) is 19.8 Å². The molecule has 0 spiro atoms. The van der Waals surface area contributed by atoms with E-state index in [9.17, 15) is 17.6 Å². The van der Waals surface area contributed by atoms with Crippen molar-refractivity contribution in [1.82, 2.24) is 4.31 Å². The normalized spacial score (nSPS) is 11.4. The average molecular weight is 387 g/mol. The van der Waals surface area contributed by atoms with Gasteiger partial charge in [-0.25, -0.2) is 17.1 Å². The van der Waals surface area contributed by atoms with Crippen molar-refractivity contribution >= 4 is 33.2 Å². The first-order chi connectivity index (χ1) is 11.7. The molecule has 2 aromatic rings. The molecule has 0 saturated heterocycles. The number of hydrogen-bond donors (Lipinski definition) is 1. The zero-order chi connectivity index (χ0) is 18.6. The van der Waals surface area contributed by atoms with E-state index in [2.05, 4.69) is 5.32 Å². The fourth-order valence-corrected chi connectivity index (χ4v) is 3.25. The molecule has 6 nitrogen and oxygen atoms in total. The van der Waals surface area contributed by atoms with Gasteiger partial charge in [-0.05, 0) is 42.5 Å². The van der Waals surface area contributed by atoms with Gasteiger partial charge in [0.25, 0.3) is 5.91 Å². The molecule has 0 bridgehead atoms. The Morgan fingerprint density at radius 2 is 1.84 bits per heavy atom. The molecule has 134 valence electrons. The summed E-state index contributed by atoms with van der Waals surface area (Å²) in [4.78, 5) is 11.8. The minimum atomic E-state index is -3.74. The number of sulfonamides is 1. The molecule has 0 unspecified atom stereocenters. The second kappa shape index (κ2) is 7.81. The Morgan fingerprint density at radius 1 is 1.20 bits per heavy atom. The van der Waals surface area contributed by atoms with Crippen molar-refractivity contribution in [2.45, 2.75) is 4.90 Å². The lowest BCUT2D eigenvalue weighted by Crippen LogP contribution is -2.23. The van der Waals surface area contributed by atoms with Crippen molar-refractivity contribution in [2.75, 3.05) is 26.0 Å². The molecule has 0 saturated carbocycles. The molecule has 1 N–H and O–H groups in total. The predicted molar refractivity (Wildman–Crippen MR) is 92.8 cm³/mol. The van der Waals surface area contributed by atoms with E-state index >= 15 is 0 Å². The maximum atomic E-state index is 12.8. The SMILES string of the molecule is CN(C)S(=O)(=O)c1cc(NC(=O)COc2ccc(F)cc2)ccc1Cl. The van der Waals surface area contributed by atoms with Crippen LogP contribution < -0.4 is 10.1 Å². The lowest BCUT2D eigenvalue weighted by atomic mass is 10.3. The monoisotopic (exact) mass is 386 g/mol. The highest BCUT2D eigenvalue weighted by molar-refractivity contribution is 7.89. The molecule has 9 heteroatoms. The molecular weight excluding hydrogens is 371 g/mol. The highest BCUT2D eigenvalue weighted by atomic mass is 35.5. The number of anilines is 1. The predicted octanol–water partition coefficient (Wildman–Crippen LogP) is 2.75. The number of amides is 1.